The maximum absolute atomic E-state index is 12.3. The second kappa shape index (κ2) is 7.37. The number of hydrogen-bond donors (Lipinski definition) is 0. The second-order valence-corrected chi connectivity index (χ2v) is 8.96. The van der Waals surface area contributed by atoms with Crippen LogP contribution in [0.15, 0.2) is 18.2 Å². The molecule has 0 aliphatic carbocycles. The summed E-state index contributed by atoms with van der Waals surface area (Å²) in [5.74, 6) is 0.241. The van der Waals surface area contributed by atoms with Gasteiger partial charge in [-0.3, -0.25) is 4.79 Å². The van der Waals surface area contributed by atoms with Gasteiger partial charge in [-0.15, -0.1) is 0 Å². The van der Waals surface area contributed by atoms with E-state index in [1.165, 1.54) is 0 Å². The van der Waals surface area contributed by atoms with Gasteiger partial charge < -0.3 is 9.80 Å². The second-order valence-electron chi connectivity index (χ2n) is 7.55. The predicted octanol–water partition coefficient (Wildman–Crippen LogP) is 4.06. The number of piperazine rings is 1. The zero-order valence-corrected chi connectivity index (χ0v) is 18.1. The van der Waals surface area contributed by atoms with Crippen LogP contribution in [0.25, 0.3) is 15.3 Å². The summed E-state index contributed by atoms with van der Waals surface area (Å²) >= 11 is 8.21. The van der Waals surface area contributed by atoms with Gasteiger partial charge in [0.2, 0.25) is 11.0 Å². The molecule has 1 saturated heterocycles. The van der Waals surface area contributed by atoms with Crippen LogP contribution >= 0.6 is 22.9 Å². The van der Waals surface area contributed by atoms with Gasteiger partial charge in [0, 0.05) is 37.8 Å². The van der Waals surface area contributed by atoms with E-state index >= 15 is 0 Å². The standard InChI is InChI=1S/C20H24ClN5OS/c1-12(2)19(27)25-9-7-24(8-10-25)18-15(21)5-6-16-17(18)22-20(28-16)26-14(4)11-13(3)23-26/h5-6,11-12H,7-10H2,1-4H3. The third kappa shape index (κ3) is 3.37. The minimum absolute atomic E-state index is 0.0282. The van der Waals surface area contributed by atoms with Crippen molar-refractivity contribution in [2.45, 2.75) is 27.7 Å². The summed E-state index contributed by atoms with van der Waals surface area (Å²) < 4.78 is 2.97. The minimum atomic E-state index is 0.0282. The average molecular weight is 418 g/mol. The number of anilines is 1. The highest BCUT2D eigenvalue weighted by molar-refractivity contribution is 7.20. The lowest BCUT2D eigenvalue weighted by molar-refractivity contribution is -0.134. The molecule has 0 radical (unpaired) electrons. The SMILES string of the molecule is Cc1cc(C)n(-c2nc3c(N4CCN(C(=O)C(C)C)CC4)c(Cl)ccc3s2)n1. The van der Waals surface area contributed by atoms with E-state index in [0.717, 1.165) is 45.5 Å². The molecule has 6 nitrogen and oxygen atoms in total. The quantitative estimate of drug-likeness (QED) is 0.644. The molecule has 0 spiro atoms. The average Bonchev–Trinajstić information content (AvgIpc) is 3.23. The first kappa shape index (κ1) is 19.2. The van der Waals surface area contributed by atoms with Crippen LogP contribution in [0, 0.1) is 19.8 Å². The maximum atomic E-state index is 12.3. The highest BCUT2D eigenvalue weighted by Gasteiger charge is 2.26. The van der Waals surface area contributed by atoms with Gasteiger partial charge in [0.15, 0.2) is 0 Å². The van der Waals surface area contributed by atoms with Crippen molar-refractivity contribution in [2.24, 2.45) is 5.92 Å². The number of rotatable bonds is 3. The Balaban J connectivity index is 1.67. The Hall–Kier alpha value is -2.12. The Morgan fingerprint density at radius 3 is 2.50 bits per heavy atom. The van der Waals surface area contributed by atoms with Gasteiger partial charge in [-0.1, -0.05) is 36.8 Å². The van der Waals surface area contributed by atoms with Crippen molar-refractivity contribution in [1.82, 2.24) is 19.7 Å². The lowest BCUT2D eigenvalue weighted by Crippen LogP contribution is -2.50. The molecule has 3 heterocycles. The Morgan fingerprint density at radius 2 is 1.89 bits per heavy atom. The van der Waals surface area contributed by atoms with Crippen molar-refractivity contribution in [3.8, 4) is 5.13 Å². The minimum Gasteiger partial charge on any atom is -0.365 e. The first-order valence-electron chi connectivity index (χ1n) is 9.51. The summed E-state index contributed by atoms with van der Waals surface area (Å²) in [7, 11) is 0. The number of carbonyl (C=O) groups is 1. The molecule has 0 unspecified atom stereocenters. The molecule has 1 aliphatic rings. The van der Waals surface area contributed by atoms with Crippen LogP contribution in [0.4, 0.5) is 5.69 Å². The first-order chi connectivity index (χ1) is 13.3. The summed E-state index contributed by atoms with van der Waals surface area (Å²) in [5, 5.41) is 6.10. The van der Waals surface area contributed by atoms with Crippen LogP contribution in [0.1, 0.15) is 25.2 Å². The number of fused-ring (bicyclic) bond motifs is 1. The zero-order chi connectivity index (χ0) is 20.0. The lowest BCUT2D eigenvalue weighted by Gasteiger charge is -2.37. The molecule has 28 heavy (non-hydrogen) atoms. The van der Waals surface area contributed by atoms with Gasteiger partial charge in [0.25, 0.3) is 0 Å². The van der Waals surface area contributed by atoms with Crippen molar-refractivity contribution in [3.05, 3.63) is 34.6 Å². The van der Waals surface area contributed by atoms with Crippen molar-refractivity contribution < 1.29 is 4.79 Å². The fourth-order valence-electron chi connectivity index (χ4n) is 3.67. The first-order valence-corrected chi connectivity index (χ1v) is 10.7. The molecular formula is C20H24ClN5OS. The number of nitrogens with zero attached hydrogens (tertiary/aromatic N) is 5. The third-order valence-corrected chi connectivity index (χ3v) is 6.37. The van der Waals surface area contributed by atoms with E-state index in [1.807, 2.05) is 55.5 Å². The molecule has 4 rings (SSSR count). The van der Waals surface area contributed by atoms with Gasteiger partial charge in [0.05, 0.1) is 21.1 Å². The van der Waals surface area contributed by atoms with Gasteiger partial charge in [0.1, 0.15) is 5.52 Å². The Kier molecular flexibility index (Phi) is 5.05. The van der Waals surface area contributed by atoms with E-state index in [4.69, 9.17) is 16.6 Å². The van der Waals surface area contributed by atoms with Gasteiger partial charge >= 0.3 is 0 Å². The molecular weight excluding hydrogens is 394 g/mol. The topological polar surface area (TPSA) is 54.3 Å². The normalized spacial score (nSPS) is 15.1. The fraction of sp³-hybridized carbons (Fsp3) is 0.450. The molecule has 0 bridgehead atoms. The highest BCUT2D eigenvalue weighted by atomic mass is 35.5. The van der Waals surface area contributed by atoms with Crippen LogP contribution in [0.3, 0.4) is 0 Å². The molecule has 0 N–H and O–H groups in total. The monoisotopic (exact) mass is 417 g/mol. The number of halogens is 1. The van der Waals surface area contributed by atoms with E-state index in [1.54, 1.807) is 11.3 Å². The summed E-state index contributed by atoms with van der Waals surface area (Å²) in [5.41, 5.74) is 3.90. The number of amides is 1. The molecule has 1 aromatic carbocycles. The molecule has 1 amide bonds. The van der Waals surface area contributed by atoms with Crippen LogP contribution in [0.2, 0.25) is 5.02 Å². The molecule has 3 aromatic rings. The summed E-state index contributed by atoms with van der Waals surface area (Å²) in [4.78, 5) is 21.4. The molecule has 2 aromatic heterocycles. The predicted molar refractivity (Wildman–Crippen MR) is 115 cm³/mol. The number of hydrogen-bond acceptors (Lipinski definition) is 5. The summed E-state index contributed by atoms with van der Waals surface area (Å²) in [6.07, 6.45) is 0. The zero-order valence-electron chi connectivity index (χ0n) is 16.6. The Morgan fingerprint density at radius 1 is 1.18 bits per heavy atom. The van der Waals surface area contributed by atoms with E-state index in [9.17, 15) is 4.79 Å². The van der Waals surface area contributed by atoms with E-state index < -0.39 is 0 Å². The maximum Gasteiger partial charge on any atom is 0.225 e. The molecule has 8 heteroatoms. The van der Waals surface area contributed by atoms with E-state index in [-0.39, 0.29) is 11.8 Å². The molecule has 148 valence electrons. The number of carbonyl (C=O) groups excluding carboxylic acids is 1. The number of aryl methyl sites for hydroxylation is 2. The van der Waals surface area contributed by atoms with Gasteiger partial charge in [-0.05, 0) is 32.0 Å². The summed E-state index contributed by atoms with van der Waals surface area (Å²) in [6.45, 7) is 10.8. The third-order valence-electron chi connectivity index (χ3n) is 5.07. The molecule has 0 saturated carbocycles. The summed E-state index contributed by atoms with van der Waals surface area (Å²) in [6, 6.07) is 6.01. The van der Waals surface area contributed by atoms with Gasteiger partial charge in [-0.25, -0.2) is 9.67 Å². The largest absolute Gasteiger partial charge is 0.365 e. The molecule has 1 aliphatic heterocycles. The molecule has 0 atom stereocenters. The van der Waals surface area contributed by atoms with Gasteiger partial charge in [-0.2, -0.15) is 5.10 Å². The lowest BCUT2D eigenvalue weighted by atomic mass is 10.1. The smallest absolute Gasteiger partial charge is 0.225 e. The number of benzene rings is 1. The highest BCUT2D eigenvalue weighted by Crippen LogP contribution is 2.38. The number of aromatic nitrogens is 3. The van der Waals surface area contributed by atoms with Crippen molar-refractivity contribution >= 4 is 44.7 Å². The Bertz CT molecular complexity index is 1030. The van der Waals surface area contributed by atoms with E-state index in [0.29, 0.717) is 18.1 Å². The van der Waals surface area contributed by atoms with Crippen molar-refractivity contribution in [1.29, 1.82) is 0 Å². The van der Waals surface area contributed by atoms with Crippen molar-refractivity contribution in [3.63, 3.8) is 0 Å². The number of thiazole rings is 1. The fourth-order valence-corrected chi connectivity index (χ4v) is 4.93. The van der Waals surface area contributed by atoms with Crippen LogP contribution in [-0.4, -0.2) is 51.8 Å². The Labute approximate surface area is 173 Å². The van der Waals surface area contributed by atoms with Crippen LogP contribution in [0.5, 0.6) is 0 Å². The molecule has 1 fully saturated rings. The van der Waals surface area contributed by atoms with Crippen LogP contribution < -0.4 is 4.90 Å². The van der Waals surface area contributed by atoms with E-state index in [2.05, 4.69) is 10.00 Å². The van der Waals surface area contributed by atoms with Crippen LogP contribution in [-0.2, 0) is 4.79 Å². The van der Waals surface area contributed by atoms with Crippen molar-refractivity contribution in [2.75, 3.05) is 31.1 Å².